The lowest BCUT2D eigenvalue weighted by Gasteiger charge is -2.31. The molecule has 0 radical (unpaired) electrons. The summed E-state index contributed by atoms with van der Waals surface area (Å²) < 4.78 is 32.9. The summed E-state index contributed by atoms with van der Waals surface area (Å²) in [6.45, 7) is 14.3. The number of carboxylic acid groups (broad SMARTS) is 1. The second-order valence-corrected chi connectivity index (χ2v) is 15.0. The first kappa shape index (κ1) is 54.1. The molecule has 346 valence electrons. The number of ketones is 1. The first-order valence-electron chi connectivity index (χ1n) is 20.5. The van der Waals surface area contributed by atoms with Gasteiger partial charge < -0.3 is 65.6 Å². The highest BCUT2D eigenvalue weighted by Gasteiger charge is 2.34. The Balaban J connectivity index is 0.00000243. The van der Waals surface area contributed by atoms with Crippen molar-refractivity contribution in [2.45, 2.75) is 112 Å². The Morgan fingerprint density at radius 3 is 2.00 bits per heavy atom. The maximum Gasteiger partial charge on any atom is 0.333 e. The van der Waals surface area contributed by atoms with Crippen molar-refractivity contribution in [1.82, 2.24) is 16.0 Å². The molecule has 2 rings (SSSR count). The number of aliphatic hydroxyl groups excluding tert-OH is 1. The van der Waals surface area contributed by atoms with Gasteiger partial charge in [-0.1, -0.05) is 54.5 Å². The highest BCUT2D eigenvalue weighted by Crippen LogP contribution is 2.31. The third-order valence-corrected chi connectivity index (χ3v) is 8.57. The normalized spacial score (nSPS) is 16.5. The lowest BCUT2D eigenvalue weighted by molar-refractivity contribution is -0.195. The van der Waals surface area contributed by atoms with Gasteiger partial charge in [-0.25, -0.2) is 9.59 Å². The number of hydrogen-bond donors (Lipinski definition) is 7. The quantitative estimate of drug-likeness (QED) is 0.0492. The van der Waals surface area contributed by atoms with Crippen molar-refractivity contribution in [1.29, 1.82) is 0 Å². The number of benzene rings is 1. The number of carboxylic acids is 1. The molecule has 20 nitrogen and oxygen atoms in total. The summed E-state index contributed by atoms with van der Waals surface area (Å²) in [4.78, 5) is 83.5. The molecule has 1 saturated heterocycles. The molecule has 0 aromatic heterocycles. The van der Waals surface area contributed by atoms with E-state index in [2.05, 4.69) is 21.3 Å². The number of urea groups is 1. The van der Waals surface area contributed by atoms with E-state index in [4.69, 9.17) is 34.2 Å². The molecule has 0 saturated carbocycles. The largest absolute Gasteiger partial charge is 0.479 e. The van der Waals surface area contributed by atoms with Crippen LogP contribution in [0.1, 0.15) is 86.1 Å². The molecule has 1 aromatic carbocycles. The number of amides is 5. The van der Waals surface area contributed by atoms with Crippen LogP contribution in [0.15, 0.2) is 18.2 Å². The Morgan fingerprint density at radius 1 is 0.836 bits per heavy atom. The number of aliphatic hydroxyl groups is 1. The topological polar surface area (TPSA) is 289 Å². The zero-order valence-electron chi connectivity index (χ0n) is 36.5. The first-order chi connectivity index (χ1) is 28.8. The summed E-state index contributed by atoms with van der Waals surface area (Å²) in [5, 5.41) is 29.9. The van der Waals surface area contributed by atoms with Crippen LogP contribution in [0.2, 0.25) is 0 Å². The molecule has 4 unspecified atom stereocenters. The first-order valence-corrected chi connectivity index (χ1v) is 20.5. The van der Waals surface area contributed by atoms with Crippen molar-refractivity contribution in [2.75, 3.05) is 58.0 Å². The van der Waals surface area contributed by atoms with Gasteiger partial charge in [-0.05, 0) is 30.0 Å². The average molecular weight is 870 g/mol. The van der Waals surface area contributed by atoms with Crippen LogP contribution < -0.4 is 31.7 Å². The molecule has 61 heavy (non-hydrogen) atoms. The van der Waals surface area contributed by atoms with Crippen LogP contribution in [-0.2, 0) is 59.1 Å². The number of nitrogens with one attached hydrogen (secondary N) is 4. The van der Waals surface area contributed by atoms with Crippen molar-refractivity contribution in [3.63, 3.8) is 0 Å². The predicted octanol–water partition coefficient (Wildman–Crippen LogP) is 2.03. The van der Waals surface area contributed by atoms with E-state index in [9.17, 15) is 43.8 Å². The third-order valence-electron chi connectivity index (χ3n) is 8.57. The van der Waals surface area contributed by atoms with Gasteiger partial charge in [0.15, 0.2) is 6.10 Å². The van der Waals surface area contributed by atoms with Crippen LogP contribution in [0.4, 0.5) is 10.5 Å². The van der Waals surface area contributed by atoms with Gasteiger partial charge in [0.25, 0.3) is 0 Å². The zero-order valence-corrected chi connectivity index (χ0v) is 36.5. The van der Waals surface area contributed by atoms with Gasteiger partial charge in [0.1, 0.15) is 24.2 Å². The van der Waals surface area contributed by atoms with E-state index in [0.29, 0.717) is 45.0 Å². The minimum absolute atomic E-state index is 0.00559. The zero-order chi connectivity index (χ0) is 45.9. The second-order valence-electron chi connectivity index (χ2n) is 15.0. The Kier molecular flexibility index (Phi) is 26.8. The summed E-state index contributed by atoms with van der Waals surface area (Å²) in [6, 6.07) is 3.18. The third kappa shape index (κ3) is 24.2. The fourth-order valence-corrected chi connectivity index (χ4v) is 5.08. The van der Waals surface area contributed by atoms with Gasteiger partial charge >= 0.3 is 18.0 Å². The number of Topliss-reactive ketones (excluding diaryl/α,β-unsaturated/α-hetero) is 1. The molecule has 20 heteroatoms. The maximum atomic E-state index is 13.0. The van der Waals surface area contributed by atoms with Crippen molar-refractivity contribution in [3.05, 3.63) is 23.8 Å². The van der Waals surface area contributed by atoms with Gasteiger partial charge in [0.05, 0.1) is 63.9 Å². The summed E-state index contributed by atoms with van der Waals surface area (Å²) in [5.74, 6) is -3.81. The number of aliphatic carboxylic acids is 1. The molecule has 1 heterocycles. The Hall–Kier alpha value is -4.89. The summed E-state index contributed by atoms with van der Waals surface area (Å²) in [6.07, 6.45) is -2.34. The monoisotopic (exact) mass is 869 g/mol. The van der Waals surface area contributed by atoms with E-state index in [0.717, 1.165) is 6.42 Å². The van der Waals surface area contributed by atoms with Gasteiger partial charge in [-0.2, -0.15) is 0 Å². The van der Waals surface area contributed by atoms with Gasteiger partial charge in [-0.3, -0.25) is 24.0 Å². The van der Waals surface area contributed by atoms with Gasteiger partial charge in [0.2, 0.25) is 24.0 Å². The highest BCUT2D eigenvalue weighted by atomic mass is 16.7. The molecule has 1 aliphatic heterocycles. The fourth-order valence-electron chi connectivity index (χ4n) is 5.08. The van der Waals surface area contributed by atoms with Crippen LogP contribution in [0, 0.1) is 17.8 Å². The minimum atomic E-state index is -1.31. The standard InChI is InChI=1S/C37H57N3O14.C4H10N2O/c1-22(2)28(42)9-11-49-13-15-51-16-14-50-12-10-31(43)40-34(23(3)4)35(45)38-20-32(44)39-27-8-7-25(21-52-37(48)24(5)6)17-29(27)53-33-19-26(41)18-30(54-33)36(46)47;1-2-3-6-4(5)7/h7-8,17,22-24,26,30,33-34,41H,9-16,18-21H2,1-6H3,(H,38,45)(H,39,44)(H,40,43)(H,46,47);2-3H2,1H3,(H3,5,6,7). The molecule has 0 spiro atoms. The highest BCUT2D eigenvalue weighted by molar-refractivity contribution is 5.97. The summed E-state index contributed by atoms with van der Waals surface area (Å²) in [5.41, 5.74) is 5.37. The molecular formula is C41H67N5O15. The number of esters is 1. The van der Waals surface area contributed by atoms with E-state index in [1.807, 2.05) is 20.8 Å². The summed E-state index contributed by atoms with van der Waals surface area (Å²) in [7, 11) is 0. The van der Waals surface area contributed by atoms with E-state index in [1.165, 1.54) is 12.1 Å². The van der Waals surface area contributed by atoms with Crippen molar-refractivity contribution in [2.24, 2.45) is 23.5 Å². The minimum Gasteiger partial charge on any atom is -0.479 e. The fraction of sp³-hybridized carbons (Fsp3) is 0.683. The van der Waals surface area contributed by atoms with E-state index in [-0.39, 0.29) is 74.1 Å². The van der Waals surface area contributed by atoms with Crippen LogP contribution in [0.25, 0.3) is 0 Å². The van der Waals surface area contributed by atoms with E-state index < -0.39 is 66.8 Å². The Morgan fingerprint density at radius 2 is 1.46 bits per heavy atom. The average Bonchev–Trinajstić information content (AvgIpc) is 3.19. The van der Waals surface area contributed by atoms with Crippen molar-refractivity contribution < 1.29 is 72.2 Å². The van der Waals surface area contributed by atoms with Crippen LogP contribution in [0.3, 0.4) is 0 Å². The Bertz CT molecular complexity index is 1540. The number of nitrogens with two attached hydrogens (primary N) is 1. The second kappa shape index (κ2) is 30.2. The molecule has 0 aliphatic carbocycles. The SMILES string of the molecule is CC(C)C(=O)CCOCCOCCOCCC(=O)NC(C(=O)NCC(=O)Nc1ccc(COC(=O)C(C)C)cc1OC1CC(O)CC(C(=O)O)O1)C(C)C.CCCNC(N)=O. The molecule has 1 fully saturated rings. The molecule has 1 aromatic rings. The number of ether oxygens (including phenoxy) is 6. The van der Waals surface area contributed by atoms with Gasteiger partial charge in [0, 0.05) is 38.1 Å². The molecular weight excluding hydrogens is 802 g/mol. The van der Waals surface area contributed by atoms with Crippen LogP contribution in [-0.4, -0.2) is 129 Å². The molecule has 8 N–H and O–H groups in total. The lowest BCUT2D eigenvalue weighted by atomic mass is 10.0. The van der Waals surface area contributed by atoms with Crippen LogP contribution >= 0.6 is 0 Å². The number of anilines is 1. The smallest absolute Gasteiger partial charge is 0.333 e. The molecule has 4 atom stereocenters. The summed E-state index contributed by atoms with van der Waals surface area (Å²) >= 11 is 0. The van der Waals surface area contributed by atoms with Crippen molar-refractivity contribution in [3.8, 4) is 5.75 Å². The number of carbonyl (C=O) groups excluding carboxylic acids is 6. The maximum absolute atomic E-state index is 13.0. The molecule has 1 aliphatic rings. The lowest BCUT2D eigenvalue weighted by Crippen LogP contribution is -2.51. The molecule has 0 bridgehead atoms. The number of carbonyl (C=O) groups is 7. The Labute approximate surface area is 357 Å². The predicted molar refractivity (Wildman–Crippen MR) is 221 cm³/mol. The van der Waals surface area contributed by atoms with Gasteiger partial charge in [-0.15, -0.1) is 0 Å². The molecule has 5 amide bonds. The van der Waals surface area contributed by atoms with E-state index >= 15 is 0 Å². The number of primary amides is 1. The van der Waals surface area contributed by atoms with Crippen LogP contribution in [0.5, 0.6) is 5.75 Å². The number of hydrogen-bond acceptors (Lipinski definition) is 14. The van der Waals surface area contributed by atoms with Crippen molar-refractivity contribution >= 4 is 47.2 Å². The van der Waals surface area contributed by atoms with E-state index in [1.54, 1.807) is 33.8 Å². The number of rotatable bonds is 27.